The van der Waals surface area contributed by atoms with Crippen LogP contribution in [0.3, 0.4) is 0 Å². The Morgan fingerprint density at radius 3 is 2.43 bits per heavy atom. The summed E-state index contributed by atoms with van der Waals surface area (Å²) in [5.41, 5.74) is 2.19. The van der Waals surface area contributed by atoms with Crippen molar-refractivity contribution in [1.82, 2.24) is 5.01 Å². The van der Waals surface area contributed by atoms with Crippen LogP contribution in [0.15, 0.2) is 59.9 Å². The number of rotatable bonds is 7. The van der Waals surface area contributed by atoms with Crippen LogP contribution in [0.25, 0.3) is 0 Å². The van der Waals surface area contributed by atoms with Crippen molar-refractivity contribution in [2.75, 3.05) is 13.6 Å². The third-order valence-corrected chi connectivity index (χ3v) is 3.39. The van der Waals surface area contributed by atoms with Gasteiger partial charge in [-0.25, -0.2) is 0 Å². The molecule has 0 saturated heterocycles. The molecule has 0 N–H and O–H groups in total. The molecule has 1 unspecified atom stereocenters. The average Bonchev–Trinajstić information content (AvgIpc) is 2.53. The minimum absolute atomic E-state index is 0.100. The molecule has 0 bridgehead atoms. The van der Waals surface area contributed by atoms with Gasteiger partial charge in [0.15, 0.2) is 0 Å². The monoisotopic (exact) mass is 284 g/mol. The molecule has 21 heavy (non-hydrogen) atoms. The zero-order valence-electron chi connectivity index (χ0n) is 12.4. The fourth-order valence-corrected chi connectivity index (χ4v) is 2.15. The minimum Gasteiger partial charge on any atom is -0.485 e. The summed E-state index contributed by atoms with van der Waals surface area (Å²) >= 11 is 0. The zero-order chi connectivity index (χ0) is 15.1. The van der Waals surface area contributed by atoms with Gasteiger partial charge in [0, 0.05) is 20.0 Å². The van der Waals surface area contributed by atoms with Gasteiger partial charge in [-0.15, -0.1) is 4.91 Å². The van der Waals surface area contributed by atoms with Crippen molar-refractivity contribution in [3.05, 3.63) is 70.6 Å². The number of benzene rings is 2. The number of nitroso groups, excluding NO2 is 1. The van der Waals surface area contributed by atoms with E-state index < -0.39 is 0 Å². The maximum atomic E-state index is 10.5. The molecule has 0 fully saturated rings. The molecule has 0 saturated carbocycles. The number of hydrogen-bond donors (Lipinski definition) is 0. The second-order valence-electron chi connectivity index (χ2n) is 5.03. The molecule has 0 aliphatic carbocycles. The molecule has 4 heteroatoms. The van der Waals surface area contributed by atoms with Gasteiger partial charge in [-0.1, -0.05) is 48.5 Å². The van der Waals surface area contributed by atoms with Crippen molar-refractivity contribution >= 4 is 0 Å². The number of hydrogen-bond acceptors (Lipinski definition) is 3. The second-order valence-corrected chi connectivity index (χ2v) is 5.03. The largest absolute Gasteiger partial charge is 0.485 e. The quantitative estimate of drug-likeness (QED) is 0.567. The van der Waals surface area contributed by atoms with E-state index in [2.05, 4.69) is 5.29 Å². The molecule has 0 aromatic heterocycles. The molecule has 0 radical (unpaired) electrons. The highest BCUT2D eigenvalue weighted by atomic mass is 16.5. The normalized spacial score (nSPS) is 11.7. The van der Waals surface area contributed by atoms with Crippen molar-refractivity contribution in [2.45, 2.75) is 19.4 Å². The van der Waals surface area contributed by atoms with E-state index in [0.29, 0.717) is 13.0 Å². The van der Waals surface area contributed by atoms with Gasteiger partial charge in [0.1, 0.15) is 11.9 Å². The molecule has 1 atom stereocenters. The fraction of sp³-hybridized carbons (Fsp3) is 0.294. The van der Waals surface area contributed by atoms with Gasteiger partial charge in [0.2, 0.25) is 0 Å². The van der Waals surface area contributed by atoms with E-state index in [1.54, 1.807) is 7.05 Å². The third kappa shape index (κ3) is 4.31. The Bertz CT molecular complexity index is 572. The lowest BCUT2D eigenvalue weighted by Gasteiger charge is -2.22. The van der Waals surface area contributed by atoms with E-state index >= 15 is 0 Å². The first kappa shape index (κ1) is 15.0. The Morgan fingerprint density at radius 2 is 1.76 bits per heavy atom. The summed E-state index contributed by atoms with van der Waals surface area (Å²) in [6, 6.07) is 18.0. The highest BCUT2D eigenvalue weighted by Gasteiger charge is 2.15. The lowest BCUT2D eigenvalue weighted by atomic mass is 10.1. The topological polar surface area (TPSA) is 41.9 Å². The lowest BCUT2D eigenvalue weighted by molar-refractivity contribution is 0.173. The maximum Gasteiger partial charge on any atom is 0.125 e. The first-order valence-corrected chi connectivity index (χ1v) is 7.02. The Labute approximate surface area is 125 Å². The maximum absolute atomic E-state index is 10.5. The lowest BCUT2D eigenvalue weighted by Crippen LogP contribution is -2.18. The SMILES string of the molecule is Cc1ccccc1OC(CCN(C)N=O)c1ccccc1. The predicted octanol–water partition coefficient (Wildman–Crippen LogP) is 4.12. The summed E-state index contributed by atoms with van der Waals surface area (Å²) < 4.78 is 6.16. The van der Waals surface area contributed by atoms with Crippen LogP contribution in [0.4, 0.5) is 0 Å². The van der Waals surface area contributed by atoms with E-state index in [-0.39, 0.29) is 6.10 Å². The summed E-state index contributed by atoms with van der Waals surface area (Å²) in [5.74, 6) is 0.869. The Balaban J connectivity index is 2.16. The first-order chi connectivity index (χ1) is 10.2. The molecular weight excluding hydrogens is 264 g/mol. The highest BCUT2D eigenvalue weighted by Crippen LogP contribution is 2.27. The molecule has 0 aliphatic heterocycles. The average molecular weight is 284 g/mol. The molecule has 0 spiro atoms. The van der Waals surface area contributed by atoms with E-state index in [9.17, 15) is 4.91 Å². The Hall–Kier alpha value is -2.36. The van der Waals surface area contributed by atoms with Gasteiger partial charge < -0.3 is 4.74 Å². The molecule has 0 heterocycles. The van der Waals surface area contributed by atoms with Crippen LogP contribution in [0.2, 0.25) is 0 Å². The fourth-order valence-electron chi connectivity index (χ4n) is 2.15. The molecule has 2 rings (SSSR count). The van der Waals surface area contributed by atoms with E-state index in [1.165, 1.54) is 5.01 Å². The van der Waals surface area contributed by atoms with E-state index in [0.717, 1.165) is 16.9 Å². The number of nitrogens with zero attached hydrogens (tertiary/aromatic N) is 2. The van der Waals surface area contributed by atoms with Crippen LogP contribution < -0.4 is 4.74 Å². The highest BCUT2D eigenvalue weighted by molar-refractivity contribution is 5.33. The molecule has 110 valence electrons. The molecular formula is C17H20N2O2. The smallest absolute Gasteiger partial charge is 0.125 e. The van der Waals surface area contributed by atoms with Gasteiger partial charge in [0.05, 0.1) is 5.29 Å². The summed E-state index contributed by atoms with van der Waals surface area (Å²) in [4.78, 5) is 10.5. The molecule has 0 aliphatic rings. The van der Waals surface area contributed by atoms with Gasteiger partial charge in [0.25, 0.3) is 0 Å². The Kier molecular flexibility index (Phi) is 5.32. The predicted molar refractivity (Wildman–Crippen MR) is 84.0 cm³/mol. The van der Waals surface area contributed by atoms with Crippen molar-refractivity contribution in [3.63, 3.8) is 0 Å². The minimum atomic E-state index is -0.100. The van der Waals surface area contributed by atoms with E-state index in [1.807, 2.05) is 61.5 Å². The second kappa shape index (κ2) is 7.43. The summed E-state index contributed by atoms with van der Waals surface area (Å²) in [5, 5.41) is 4.29. The zero-order valence-corrected chi connectivity index (χ0v) is 12.4. The van der Waals surface area contributed by atoms with Crippen LogP contribution in [0.5, 0.6) is 5.75 Å². The van der Waals surface area contributed by atoms with E-state index in [4.69, 9.17) is 4.74 Å². The van der Waals surface area contributed by atoms with Crippen LogP contribution in [-0.4, -0.2) is 18.6 Å². The van der Waals surface area contributed by atoms with Crippen molar-refractivity contribution in [2.24, 2.45) is 5.29 Å². The molecule has 4 nitrogen and oxygen atoms in total. The number of para-hydroxylation sites is 1. The molecule has 2 aromatic rings. The van der Waals surface area contributed by atoms with Crippen molar-refractivity contribution in [1.29, 1.82) is 0 Å². The third-order valence-electron chi connectivity index (χ3n) is 3.39. The van der Waals surface area contributed by atoms with Crippen molar-refractivity contribution in [3.8, 4) is 5.75 Å². The number of ether oxygens (including phenoxy) is 1. The summed E-state index contributed by atoms with van der Waals surface area (Å²) in [7, 11) is 1.67. The van der Waals surface area contributed by atoms with Crippen molar-refractivity contribution < 1.29 is 4.74 Å². The van der Waals surface area contributed by atoms with Gasteiger partial charge in [-0.3, -0.25) is 5.01 Å². The van der Waals surface area contributed by atoms with Crippen LogP contribution in [0, 0.1) is 11.8 Å². The summed E-state index contributed by atoms with van der Waals surface area (Å²) in [6.07, 6.45) is 0.595. The molecule has 2 aromatic carbocycles. The Morgan fingerprint density at radius 1 is 1.10 bits per heavy atom. The van der Waals surface area contributed by atoms with Crippen LogP contribution in [-0.2, 0) is 0 Å². The van der Waals surface area contributed by atoms with Gasteiger partial charge >= 0.3 is 0 Å². The van der Waals surface area contributed by atoms with Gasteiger partial charge in [-0.2, -0.15) is 0 Å². The van der Waals surface area contributed by atoms with Crippen LogP contribution in [0.1, 0.15) is 23.7 Å². The number of aryl methyl sites for hydroxylation is 1. The molecule has 0 amide bonds. The van der Waals surface area contributed by atoms with Gasteiger partial charge in [-0.05, 0) is 24.1 Å². The summed E-state index contributed by atoms with van der Waals surface area (Å²) in [6.45, 7) is 2.57. The first-order valence-electron chi connectivity index (χ1n) is 7.02. The van der Waals surface area contributed by atoms with Crippen LogP contribution >= 0.6 is 0 Å². The standard InChI is InChI=1S/C17H20N2O2/c1-14-8-6-7-11-16(14)21-17(12-13-19(2)18-20)15-9-4-3-5-10-15/h3-11,17H,12-13H2,1-2H3.